The van der Waals surface area contributed by atoms with Crippen LogP contribution >= 0.6 is 0 Å². The Morgan fingerprint density at radius 3 is 2.72 bits per heavy atom. The lowest BCUT2D eigenvalue weighted by Gasteiger charge is -2.09. The van der Waals surface area contributed by atoms with Crippen LogP contribution in [0.4, 0.5) is 5.69 Å². The highest BCUT2D eigenvalue weighted by Crippen LogP contribution is 2.24. The van der Waals surface area contributed by atoms with Crippen LogP contribution in [-0.2, 0) is 11.2 Å². The first-order valence-electron chi connectivity index (χ1n) is 8.97. The molecule has 2 N–H and O–H groups in total. The number of carbonyl (C=O) groups is 1. The molecule has 0 aliphatic carbocycles. The van der Waals surface area contributed by atoms with Crippen molar-refractivity contribution in [3.8, 4) is 5.75 Å². The third-order valence-electron chi connectivity index (χ3n) is 4.80. The molecule has 0 bridgehead atoms. The molecule has 0 unspecified atom stereocenters. The average molecular weight is 394 g/mol. The van der Waals surface area contributed by atoms with Gasteiger partial charge in [-0.05, 0) is 49.2 Å². The number of nitrogens with one attached hydrogen (secondary N) is 2. The predicted octanol–water partition coefficient (Wildman–Crippen LogP) is 3.12. The van der Waals surface area contributed by atoms with Gasteiger partial charge in [-0.25, -0.2) is 9.59 Å². The smallest absolute Gasteiger partial charge is 0.417 e. The van der Waals surface area contributed by atoms with Crippen LogP contribution in [0.3, 0.4) is 0 Å². The van der Waals surface area contributed by atoms with Gasteiger partial charge in [-0.3, -0.25) is 9.78 Å². The lowest BCUT2D eigenvalue weighted by atomic mass is 10.0. The van der Waals surface area contributed by atoms with Gasteiger partial charge >= 0.3 is 11.4 Å². The Bertz CT molecular complexity index is 1350. The molecule has 1 amide bonds. The molecule has 148 valence electrons. The van der Waals surface area contributed by atoms with Gasteiger partial charge in [0, 0.05) is 29.1 Å². The molecule has 8 heteroatoms. The van der Waals surface area contributed by atoms with Gasteiger partial charge in [0.2, 0.25) is 5.91 Å². The SMILES string of the molecule is COc1ccc2c(C)c(CCC(=O)Nc3ccc4oc(=O)[nH]c4c3)c(=O)oc2c1. The summed E-state index contributed by atoms with van der Waals surface area (Å²) in [5.74, 6) is -0.216. The van der Waals surface area contributed by atoms with E-state index in [2.05, 4.69) is 10.3 Å². The molecule has 4 aromatic rings. The number of benzene rings is 2. The quantitative estimate of drug-likeness (QED) is 0.503. The van der Waals surface area contributed by atoms with E-state index < -0.39 is 11.4 Å². The molecule has 4 rings (SSSR count). The van der Waals surface area contributed by atoms with Gasteiger partial charge in [-0.2, -0.15) is 0 Å². The first kappa shape index (κ1) is 18.5. The predicted molar refractivity (Wildman–Crippen MR) is 108 cm³/mol. The summed E-state index contributed by atoms with van der Waals surface area (Å²) in [5, 5.41) is 3.55. The summed E-state index contributed by atoms with van der Waals surface area (Å²) < 4.78 is 15.5. The molecule has 2 aromatic heterocycles. The highest BCUT2D eigenvalue weighted by Gasteiger charge is 2.14. The molecular formula is C21H18N2O6. The van der Waals surface area contributed by atoms with E-state index >= 15 is 0 Å². The average Bonchev–Trinajstić information content (AvgIpc) is 3.06. The van der Waals surface area contributed by atoms with Crippen LogP contribution in [0.15, 0.2) is 54.8 Å². The number of oxazole rings is 1. The van der Waals surface area contributed by atoms with Crippen LogP contribution in [-0.4, -0.2) is 18.0 Å². The van der Waals surface area contributed by atoms with Gasteiger partial charge in [-0.1, -0.05) is 0 Å². The number of ether oxygens (including phenoxy) is 1. The fourth-order valence-electron chi connectivity index (χ4n) is 3.28. The second-order valence-electron chi connectivity index (χ2n) is 6.63. The molecule has 0 radical (unpaired) electrons. The van der Waals surface area contributed by atoms with Crippen molar-refractivity contribution in [2.24, 2.45) is 0 Å². The Kier molecular flexibility index (Phi) is 4.67. The number of H-pyrrole nitrogens is 1. The van der Waals surface area contributed by atoms with E-state index in [4.69, 9.17) is 13.6 Å². The molecule has 2 heterocycles. The normalized spacial score (nSPS) is 11.1. The number of aryl methyl sites for hydroxylation is 1. The van der Waals surface area contributed by atoms with Gasteiger partial charge in [-0.15, -0.1) is 0 Å². The summed E-state index contributed by atoms with van der Waals surface area (Å²) >= 11 is 0. The minimum atomic E-state index is -0.556. The van der Waals surface area contributed by atoms with Gasteiger partial charge in [0.25, 0.3) is 0 Å². The van der Waals surface area contributed by atoms with Crippen LogP contribution in [0, 0.1) is 6.92 Å². The molecule has 0 saturated heterocycles. The van der Waals surface area contributed by atoms with Gasteiger partial charge in [0.1, 0.15) is 11.3 Å². The summed E-state index contributed by atoms with van der Waals surface area (Å²) in [5.41, 5.74) is 2.66. The van der Waals surface area contributed by atoms with Crippen molar-refractivity contribution < 1.29 is 18.4 Å². The number of hydrogen-bond donors (Lipinski definition) is 2. The maximum Gasteiger partial charge on any atom is 0.417 e. The van der Waals surface area contributed by atoms with E-state index in [0.717, 1.165) is 10.9 Å². The van der Waals surface area contributed by atoms with Crippen LogP contribution in [0.2, 0.25) is 0 Å². The Labute approximate surface area is 164 Å². The number of fused-ring (bicyclic) bond motifs is 2. The topological polar surface area (TPSA) is 115 Å². The van der Waals surface area contributed by atoms with Crippen molar-refractivity contribution in [2.45, 2.75) is 19.8 Å². The maximum atomic E-state index is 12.4. The molecule has 0 saturated carbocycles. The van der Waals surface area contributed by atoms with E-state index in [-0.39, 0.29) is 18.7 Å². The first-order valence-corrected chi connectivity index (χ1v) is 8.97. The number of hydrogen-bond acceptors (Lipinski definition) is 6. The standard InChI is InChI=1S/C21H18N2O6/c1-11-14-5-4-13(27-2)10-18(14)28-20(25)15(11)6-8-19(24)22-12-3-7-17-16(9-12)23-21(26)29-17/h3-5,7,9-10H,6,8H2,1-2H3,(H,22,24)(H,23,26). The first-order chi connectivity index (χ1) is 13.9. The Morgan fingerprint density at radius 1 is 1.10 bits per heavy atom. The fraction of sp³-hybridized carbons (Fsp3) is 0.190. The number of aromatic amines is 1. The minimum absolute atomic E-state index is 0.104. The number of methoxy groups -OCH3 is 1. The number of carbonyl (C=O) groups excluding carboxylic acids is 1. The zero-order valence-electron chi connectivity index (χ0n) is 15.8. The van der Waals surface area contributed by atoms with Crippen molar-refractivity contribution in [3.05, 3.63) is 68.5 Å². The lowest BCUT2D eigenvalue weighted by Crippen LogP contribution is -2.16. The highest BCUT2D eigenvalue weighted by atomic mass is 16.5. The van der Waals surface area contributed by atoms with Crippen molar-refractivity contribution in [1.82, 2.24) is 4.98 Å². The van der Waals surface area contributed by atoms with Crippen LogP contribution < -0.4 is 21.4 Å². The molecule has 0 aliphatic rings. The number of aromatic nitrogens is 1. The summed E-state index contributed by atoms with van der Waals surface area (Å²) in [6.07, 6.45) is 0.347. The molecule has 29 heavy (non-hydrogen) atoms. The number of amides is 1. The molecule has 2 aromatic carbocycles. The molecule has 8 nitrogen and oxygen atoms in total. The third kappa shape index (κ3) is 3.64. The second-order valence-corrected chi connectivity index (χ2v) is 6.63. The lowest BCUT2D eigenvalue weighted by molar-refractivity contribution is -0.116. The summed E-state index contributed by atoms with van der Waals surface area (Å²) in [4.78, 5) is 38.5. The second kappa shape index (κ2) is 7.31. The molecule has 0 aliphatic heterocycles. The van der Waals surface area contributed by atoms with E-state index in [1.807, 2.05) is 13.0 Å². The van der Waals surface area contributed by atoms with Crippen LogP contribution in [0.25, 0.3) is 22.1 Å². The number of rotatable bonds is 5. The van der Waals surface area contributed by atoms with Crippen molar-refractivity contribution in [1.29, 1.82) is 0 Å². The monoisotopic (exact) mass is 394 g/mol. The van der Waals surface area contributed by atoms with E-state index in [9.17, 15) is 14.4 Å². The highest BCUT2D eigenvalue weighted by molar-refractivity contribution is 5.93. The zero-order valence-corrected chi connectivity index (χ0v) is 15.8. The molecule has 0 fully saturated rings. The van der Waals surface area contributed by atoms with Crippen molar-refractivity contribution >= 4 is 33.7 Å². The molecular weight excluding hydrogens is 376 g/mol. The van der Waals surface area contributed by atoms with Gasteiger partial charge < -0.3 is 18.9 Å². The van der Waals surface area contributed by atoms with Gasteiger partial charge in [0.15, 0.2) is 5.58 Å². The zero-order chi connectivity index (χ0) is 20.5. The molecule has 0 atom stereocenters. The Morgan fingerprint density at radius 2 is 1.93 bits per heavy atom. The van der Waals surface area contributed by atoms with E-state index in [1.165, 1.54) is 0 Å². The largest absolute Gasteiger partial charge is 0.497 e. The van der Waals surface area contributed by atoms with Crippen molar-refractivity contribution in [2.75, 3.05) is 12.4 Å². The maximum absolute atomic E-state index is 12.4. The summed E-state index contributed by atoms with van der Waals surface area (Å²) in [7, 11) is 1.54. The van der Waals surface area contributed by atoms with E-state index in [1.54, 1.807) is 37.4 Å². The minimum Gasteiger partial charge on any atom is -0.497 e. The van der Waals surface area contributed by atoms with E-state index in [0.29, 0.717) is 33.7 Å². The third-order valence-corrected chi connectivity index (χ3v) is 4.80. The fourth-order valence-corrected chi connectivity index (χ4v) is 3.28. The number of anilines is 1. The van der Waals surface area contributed by atoms with Crippen LogP contribution in [0.5, 0.6) is 5.75 Å². The Balaban J connectivity index is 1.51. The molecule has 0 spiro atoms. The Hall–Kier alpha value is -3.81. The van der Waals surface area contributed by atoms with Crippen molar-refractivity contribution in [3.63, 3.8) is 0 Å². The van der Waals surface area contributed by atoms with Gasteiger partial charge in [0.05, 0.1) is 12.6 Å². The van der Waals surface area contributed by atoms with Crippen LogP contribution in [0.1, 0.15) is 17.5 Å². The summed E-state index contributed by atoms with van der Waals surface area (Å²) in [6, 6.07) is 10.1. The summed E-state index contributed by atoms with van der Waals surface area (Å²) in [6.45, 7) is 1.84.